The molecule has 0 saturated carbocycles. The van der Waals surface area contributed by atoms with Crippen molar-refractivity contribution in [3.8, 4) is 0 Å². The summed E-state index contributed by atoms with van der Waals surface area (Å²) in [6.07, 6.45) is 1.02. The van der Waals surface area contributed by atoms with Gasteiger partial charge >= 0.3 is 13.5 Å². The van der Waals surface area contributed by atoms with E-state index in [1.54, 1.807) is 4.57 Å². The summed E-state index contributed by atoms with van der Waals surface area (Å²) in [4.78, 5) is 32.5. The number of anilines is 1. The second-order valence-corrected chi connectivity index (χ2v) is 9.74. The molecule has 0 radical (unpaired) electrons. The molecule has 3 heterocycles. The standard InChI is InChI=1S/C21H23N6O8P/c1-14-2-4-15(5-3-14)10-33-36(31,34-11-16-6-7-17(35-16)27(29)30)13-32-9-8-26-12-23-18-19(26)24-21(22)25-20(18)28/h2-7,12H,8-11,13H2,1H3,(H3,22,24,25,28). The molecule has 36 heavy (non-hydrogen) atoms. The highest BCUT2D eigenvalue weighted by molar-refractivity contribution is 7.53. The molecule has 0 aliphatic rings. The Morgan fingerprint density at radius 2 is 1.94 bits per heavy atom. The Morgan fingerprint density at radius 3 is 2.67 bits per heavy atom. The second-order valence-electron chi connectivity index (χ2n) is 7.74. The number of imidazole rings is 1. The van der Waals surface area contributed by atoms with E-state index in [4.69, 9.17) is 23.9 Å². The zero-order chi connectivity index (χ0) is 25.7. The maximum absolute atomic E-state index is 13.4. The first-order valence-corrected chi connectivity index (χ1v) is 12.4. The van der Waals surface area contributed by atoms with Gasteiger partial charge in [0.25, 0.3) is 5.56 Å². The number of furan rings is 1. The summed E-state index contributed by atoms with van der Waals surface area (Å²) in [5.74, 6) is -0.392. The van der Waals surface area contributed by atoms with Gasteiger partial charge < -0.3 is 24.0 Å². The number of aryl methyl sites for hydroxylation is 1. The van der Waals surface area contributed by atoms with Crippen molar-refractivity contribution in [2.45, 2.75) is 26.7 Å². The number of aromatic nitrogens is 4. The molecule has 4 aromatic rings. The Bertz CT molecular complexity index is 1460. The highest BCUT2D eigenvalue weighted by Gasteiger charge is 2.27. The third-order valence-corrected chi connectivity index (χ3v) is 6.54. The maximum Gasteiger partial charge on any atom is 0.433 e. The molecular formula is C21H23N6O8P. The van der Waals surface area contributed by atoms with E-state index in [2.05, 4.69) is 15.0 Å². The summed E-state index contributed by atoms with van der Waals surface area (Å²) in [5.41, 5.74) is 7.39. The van der Waals surface area contributed by atoms with Gasteiger partial charge in [-0.2, -0.15) is 4.98 Å². The van der Waals surface area contributed by atoms with Gasteiger partial charge in [0.15, 0.2) is 11.2 Å². The van der Waals surface area contributed by atoms with E-state index in [-0.39, 0.29) is 49.2 Å². The summed E-state index contributed by atoms with van der Waals surface area (Å²) >= 11 is 0. The number of rotatable bonds is 12. The zero-order valence-electron chi connectivity index (χ0n) is 19.2. The van der Waals surface area contributed by atoms with Gasteiger partial charge in [-0.05, 0) is 18.6 Å². The van der Waals surface area contributed by atoms with Crippen LogP contribution in [0.2, 0.25) is 0 Å². The molecule has 0 aliphatic carbocycles. The fourth-order valence-corrected chi connectivity index (χ4v) is 4.39. The van der Waals surface area contributed by atoms with Gasteiger partial charge in [-0.15, -0.1) is 0 Å². The van der Waals surface area contributed by atoms with Gasteiger partial charge in [0, 0.05) is 6.54 Å². The van der Waals surface area contributed by atoms with Crippen LogP contribution in [-0.4, -0.2) is 37.4 Å². The lowest BCUT2D eigenvalue weighted by Gasteiger charge is -2.18. The van der Waals surface area contributed by atoms with Crippen LogP contribution in [0.15, 0.2) is 51.9 Å². The number of nitrogens with zero attached hydrogens (tertiary/aromatic N) is 4. The van der Waals surface area contributed by atoms with Crippen molar-refractivity contribution in [1.82, 2.24) is 19.5 Å². The van der Waals surface area contributed by atoms with E-state index in [1.165, 1.54) is 18.5 Å². The summed E-state index contributed by atoms with van der Waals surface area (Å²) in [6.45, 7) is 1.92. The van der Waals surface area contributed by atoms with E-state index < -0.39 is 30.3 Å². The number of nitrogen functional groups attached to an aromatic ring is 1. The lowest BCUT2D eigenvalue weighted by molar-refractivity contribution is -0.402. The Morgan fingerprint density at radius 1 is 1.19 bits per heavy atom. The zero-order valence-corrected chi connectivity index (χ0v) is 20.1. The third kappa shape index (κ3) is 6.23. The minimum absolute atomic E-state index is 0.00263. The number of H-pyrrole nitrogens is 1. The molecule has 190 valence electrons. The van der Waals surface area contributed by atoms with Gasteiger partial charge in [0.1, 0.15) is 23.6 Å². The molecule has 0 bridgehead atoms. The lowest BCUT2D eigenvalue weighted by atomic mass is 10.2. The Kier molecular flexibility index (Phi) is 7.60. The molecule has 3 N–H and O–H groups in total. The van der Waals surface area contributed by atoms with Crippen molar-refractivity contribution >= 4 is 30.6 Å². The fraction of sp³-hybridized carbons (Fsp3) is 0.286. The lowest BCUT2D eigenvalue weighted by Crippen LogP contribution is -2.13. The van der Waals surface area contributed by atoms with Crippen LogP contribution in [0.5, 0.6) is 0 Å². The van der Waals surface area contributed by atoms with Crippen molar-refractivity contribution in [2.24, 2.45) is 0 Å². The topological polar surface area (TPSA) is 191 Å². The SMILES string of the molecule is Cc1ccc(COP(=O)(COCCn2cnc3c(=O)[nH]c(N)nc32)OCc2ccc([N+](=O)[O-])o2)cc1. The van der Waals surface area contributed by atoms with Gasteiger partial charge in [-0.25, -0.2) is 4.98 Å². The average Bonchev–Trinajstić information content (AvgIpc) is 3.48. The van der Waals surface area contributed by atoms with E-state index in [0.29, 0.717) is 0 Å². The molecule has 0 fully saturated rings. The van der Waals surface area contributed by atoms with Crippen LogP contribution in [0.3, 0.4) is 0 Å². The molecule has 1 unspecified atom stereocenters. The largest absolute Gasteiger partial charge is 0.433 e. The second kappa shape index (κ2) is 10.8. The number of aromatic amines is 1. The van der Waals surface area contributed by atoms with Gasteiger partial charge in [-0.1, -0.05) is 29.8 Å². The molecule has 0 amide bonds. The smallest absolute Gasteiger partial charge is 0.403 e. The van der Waals surface area contributed by atoms with Crippen LogP contribution in [0, 0.1) is 17.0 Å². The average molecular weight is 518 g/mol. The van der Waals surface area contributed by atoms with E-state index >= 15 is 0 Å². The molecule has 0 aliphatic heterocycles. The van der Waals surface area contributed by atoms with Gasteiger partial charge in [-0.3, -0.25) is 29.0 Å². The van der Waals surface area contributed by atoms with Crippen LogP contribution in [0.4, 0.5) is 11.8 Å². The van der Waals surface area contributed by atoms with Gasteiger partial charge in [0.2, 0.25) is 5.95 Å². The van der Waals surface area contributed by atoms with Gasteiger partial charge in [0.05, 0.1) is 25.6 Å². The minimum atomic E-state index is -3.81. The van der Waals surface area contributed by atoms with E-state index in [1.807, 2.05) is 31.2 Å². The van der Waals surface area contributed by atoms with Crippen molar-refractivity contribution < 1.29 is 27.7 Å². The number of nitro groups is 1. The van der Waals surface area contributed by atoms with Crippen molar-refractivity contribution in [3.63, 3.8) is 0 Å². The Balaban J connectivity index is 1.39. The quantitative estimate of drug-likeness (QED) is 0.121. The van der Waals surface area contributed by atoms with Crippen LogP contribution in [0.1, 0.15) is 16.9 Å². The first-order chi connectivity index (χ1) is 17.2. The third-order valence-electron chi connectivity index (χ3n) is 5.00. The number of nitrogens with two attached hydrogens (primary N) is 1. The fourth-order valence-electron chi connectivity index (χ4n) is 3.15. The van der Waals surface area contributed by atoms with E-state index in [0.717, 1.165) is 11.1 Å². The number of hydrogen-bond donors (Lipinski definition) is 2. The molecule has 1 atom stereocenters. The molecule has 0 spiro atoms. The number of ether oxygens (including phenoxy) is 1. The Hall–Kier alpha value is -3.84. The normalized spacial score (nSPS) is 13.1. The number of nitrogens with one attached hydrogen (secondary N) is 1. The summed E-state index contributed by atoms with van der Waals surface area (Å²) in [5, 5.41) is 10.8. The molecule has 15 heteroatoms. The molecular weight excluding hydrogens is 495 g/mol. The summed E-state index contributed by atoms with van der Waals surface area (Å²) in [6, 6.07) is 9.99. The molecule has 14 nitrogen and oxygen atoms in total. The van der Waals surface area contributed by atoms with Crippen molar-refractivity contribution in [1.29, 1.82) is 0 Å². The monoisotopic (exact) mass is 518 g/mol. The number of benzene rings is 1. The number of fused-ring (bicyclic) bond motifs is 1. The molecule has 1 aromatic carbocycles. The van der Waals surface area contributed by atoms with Crippen LogP contribution in [0.25, 0.3) is 11.2 Å². The number of hydrogen-bond acceptors (Lipinski definition) is 11. The molecule has 4 rings (SSSR count). The highest BCUT2D eigenvalue weighted by atomic mass is 31.2. The predicted octanol–water partition coefficient (Wildman–Crippen LogP) is 3.11. The van der Waals surface area contributed by atoms with Crippen molar-refractivity contribution in [2.75, 3.05) is 18.7 Å². The molecule has 0 saturated heterocycles. The van der Waals surface area contributed by atoms with Crippen LogP contribution in [-0.2, 0) is 38.1 Å². The highest BCUT2D eigenvalue weighted by Crippen LogP contribution is 2.49. The first kappa shape index (κ1) is 25.3. The minimum Gasteiger partial charge on any atom is -0.403 e. The summed E-state index contributed by atoms with van der Waals surface area (Å²) < 4.78 is 36.7. The predicted molar refractivity (Wildman–Crippen MR) is 127 cm³/mol. The first-order valence-electron chi connectivity index (χ1n) is 10.7. The summed E-state index contributed by atoms with van der Waals surface area (Å²) in [7, 11) is -3.81. The van der Waals surface area contributed by atoms with Crippen LogP contribution < -0.4 is 11.3 Å². The molecule has 3 aromatic heterocycles. The van der Waals surface area contributed by atoms with Crippen molar-refractivity contribution in [3.05, 3.63) is 80.1 Å². The Labute approximate surface area is 203 Å². The van der Waals surface area contributed by atoms with E-state index in [9.17, 15) is 19.5 Å². The maximum atomic E-state index is 13.4. The van der Waals surface area contributed by atoms with Crippen LogP contribution >= 0.6 is 7.60 Å².